The molecule has 0 bridgehead atoms. The molecule has 4 nitrogen and oxygen atoms in total. The molecule has 0 spiro atoms. The van der Waals surface area contributed by atoms with Crippen LogP contribution in [0.1, 0.15) is 77.6 Å². The fourth-order valence-corrected chi connectivity index (χ4v) is 2.38. The third-order valence-corrected chi connectivity index (χ3v) is 3.75. The Labute approximate surface area is 140 Å². The predicted octanol–water partition coefficient (Wildman–Crippen LogP) is 5.20. The van der Waals surface area contributed by atoms with Crippen molar-refractivity contribution in [3.8, 4) is 0 Å². The van der Waals surface area contributed by atoms with E-state index >= 15 is 0 Å². The normalized spacial score (nSPS) is 12.9. The molecular formula is C19H32O4. The lowest BCUT2D eigenvalue weighted by molar-refractivity contribution is -0.148. The Hall–Kier alpha value is -1.58. The Balaban J connectivity index is 3.51. The SMILES string of the molecule is CC/C=C/CCCCCCCC/C=C/CC(CC(=O)O)C(=O)O. The summed E-state index contributed by atoms with van der Waals surface area (Å²) in [4.78, 5) is 21.4. The van der Waals surface area contributed by atoms with Crippen molar-refractivity contribution in [1.82, 2.24) is 0 Å². The van der Waals surface area contributed by atoms with E-state index in [9.17, 15) is 9.59 Å². The first-order valence-electron chi connectivity index (χ1n) is 8.82. The van der Waals surface area contributed by atoms with E-state index in [0.717, 1.165) is 19.3 Å². The van der Waals surface area contributed by atoms with Crippen LogP contribution in [-0.2, 0) is 9.59 Å². The summed E-state index contributed by atoms with van der Waals surface area (Å²) >= 11 is 0. The standard InChI is InChI=1S/C19H32O4/c1-2-3-4-5-6-7-8-9-10-11-12-13-14-15-17(19(22)23)16-18(20)21/h3-4,13-14,17H,2,5-12,15-16H2,1H3,(H,20,21)(H,22,23)/b4-3+,14-13+. The van der Waals surface area contributed by atoms with Gasteiger partial charge in [0.1, 0.15) is 0 Å². The van der Waals surface area contributed by atoms with E-state index in [2.05, 4.69) is 19.1 Å². The minimum atomic E-state index is -1.06. The Kier molecular flexibility index (Phi) is 14.3. The molecule has 4 heteroatoms. The largest absolute Gasteiger partial charge is 0.481 e. The van der Waals surface area contributed by atoms with Gasteiger partial charge in [-0.1, -0.05) is 56.9 Å². The topological polar surface area (TPSA) is 74.6 Å². The summed E-state index contributed by atoms with van der Waals surface area (Å²) in [5, 5.41) is 17.6. The molecule has 1 unspecified atom stereocenters. The molecule has 0 radical (unpaired) electrons. The van der Waals surface area contributed by atoms with Crippen molar-refractivity contribution in [3.63, 3.8) is 0 Å². The molecule has 132 valence electrons. The number of rotatable bonds is 15. The molecule has 0 fully saturated rings. The molecule has 0 aromatic carbocycles. The Morgan fingerprint density at radius 1 is 0.826 bits per heavy atom. The molecule has 1 atom stereocenters. The van der Waals surface area contributed by atoms with Gasteiger partial charge in [0, 0.05) is 0 Å². The maximum atomic E-state index is 10.9. The van der Waals surface area contributed by atoms with Crippen LogP contribution in [0.3, 0.4) is 0 Å². The van der Waals surface area contributed by atoms with Gasteiger partial charge in [-0.15, -0.1) is 0 Å². The molecule has 0 heterocycles. The zero-order valence-electron chi connectivity index (χ0n) is 14.4. The number of carboxylic acids is 2. The van der Waals surface area contributed by atoms with Crippen molar-refractivity contribution in [3.05, 3.63) is 24.3 Å². The maximum Gasteiger partial charge on any atom is 0.307 e. The van der Waals surface area contributed by atoms with Gasteiger partial charge in [-0.2, -0.15) is 0 Å². The fourth-order valence-electron chi connectivity index (χ4n) is 2.38. The van der Waals surface area contributed by atoms with Crippen LogP contribution < -0.4 is 0 Å². The van der Waals surface area contributed by atoms with Crippen molar-refractivity contribution < 1.29 is 19.8 Å². The van der Waals surface area contributed by atoms with E-state index in [0.29, 0.717) is 6.42 Å². The van der Waals surface area contributed by atoms with E-state index in [-0.39, 0.29) is 6.42 Å². The molecule has 0 rings (SSSR count). The predicted molar refractivity (Wildman–Crippen MR) is 93.5 cm³/mol. The highest BCUT2D eigenvalue weighted by Crippen LogP contribution is 2.12. The van der Waals surface area contributed by atoms with Crippen molar-refractivity contribution in [2.75, 3.05) is 0 Å². The van der Waals surface area contributed by atoms with Gasteiger partial charge in [0.2, 0.25) is 0 Å². The minimum Gasteiger partial charge on any atom is -0.481 e. The number of hydrogen-bond donors (Lipinski definition) is 2. The quantitative estimate of drug-likeness (QED) is 0.321. The molecule has 0 aliphatic rings. The summed E-state index contributed by atoms with van der Waals surface area (Å²) in [6, 6.07) is 0. The minimum absolute atomic E-state index is 0.299. The summed E-state index contributed by atoms with van der Waals surface area (Å²) in [6.07, 6.45) is 18.9. The molecule has 23 heavy (non-hydrogen) atoms. The van der Waals surface area contributed by atoms with Crippen LogP contribution in [0.15, 0.2) is 24.3 Å². The first kappa shape index (κ1) is 21.4. The third kappa shape index (κ3) is 15.1. The van der Waals surface area contributed by atoms with Gasteiger partial charge >= 0.3 is 11.9 Å². The number of allylic oxidation sites excluding steroid dienone is 4. The van der Waals surface area contributed by atoms with Crippen molar-refractivity contribution in [2.45, 2.75) is 77.6 Å². The van der Waals surface area contributed by atoms with E-state index in [1.54, 1.807) is 0 Å². The van der Waals surface area contributed by atoms with Crippen LogP contribution in [0.2, 0.25) is 0 Å². The average Bonchev–Trinajstić information content (AvgIpc) is 2.50. The molecule has 0 amide bonds. The molecule has 0 saturated heterocycles. The van der Waals surface area contributed by atoms with Crippen LogP contribution in [0, 0.1) is 5.92 Å². The summed E-state index contributed by atoms with van der Waals surface area (Å²) in [5.74, 6) is -2.91. The zero-order valence-corrected chi connectivity index (χ0v) is 14.4. The molecule has 0 aromatic heterocycles. The van der Waals surface area contributed by atoms with E-state index in [1.807, 2.05) is 12.2 Å². The highest BCUT2D eigenvalue weighted by Gasteiger charge is 2.18. The molecule has 2 N–H and O–H groups in total. The van der Waals surface area contributed by atoms with Crippen molar-refractivity contribution in [1.29, 1.82) is 0 Å². The molecule has 0 aliphatic heterocycles. The number of aliphatic carboxylic acids is 2. The average molecular weight is 324 g/mol. The molecule has 0 saturated carbocycles. The Bertz CT molecular complexity index is 372. The second kappa shape index (κ2) is 15.3. The zero-order chi connectivity index (χ0) is 17.3. The van der Waals surface area contributed by atoms with Crippen LogP contribution in [-0.4, -0.2) is 22.2 Å². The van der Waals surface area contributed by atoms with E-state index < -0.39 is 17.9 Å². The lowest BCUT2D eigenvalue weighted by atomic mass is 10.0. The number of carbonyl (C=O) groups is 2. The second-order valence-corrected chi connectivity index (χ2v) is 5.92. The van der Waals surface area contributed by atoms with Gasteiger partial charge in [-0.3, -0.25) is 9.59 Å². The fraction of sp³-hybridized carbons (Fsp3) is 0.684. The second-order valence-electron chi connectivity index (χ2n) is 5.92. The number of hydrogen-bond acceptors (Lipinski definition) is 2. The molecular weight excluding hydrogens is 292 g/mol. The van der Waals surface area contributed by atoms with Crippen molar-refractivity contribution >= 4 is 11.9 Å². The maximum absolute atomic E-state index is 10.9. The monoisotopic (exact) mass is 324 g/mol. The summed E-state index contributed by atoms with van der Waals surface area (Å²) in [5.41, 5.74) is 0. The van der Waals surface area contributed by atoms with Gasteiger partial charge < -0.3 is 10.2 Å². The van der Waals surface area contributed by atoms with E-state index in [4.69, 9.17) is 10.2 Å². The molecule has 0 aromatic rings. The third-order valence-electron chi connectivity index (χ3n) is 3.75. The van der Waals surface area contributed by atoms with Gasteiger partial charge in [-0.05, 0) is 38.5 Å². The Morgan fingerprint density at radius 2 is 1.35 bits per heavy atom. The van der Waals surface area contributed by atoms with Crippen LogP contribution in [0.5, 0.6) is 0 Å². The summed E-state index contributed by atoms with van der Waals surface area (Å²) in [6.45, 7) is 2.15. The van der Waals surface area contributed by atoms with Crippen molar-refractivity contribution in [2.24, 2.45) is 5.92 Å². The first-order valence-corrected chi connectivity index (χ1v) is 8.82. The number of unbranched alkanes of at least 4 members (excludes halogenated alkanes) is 7. The van der Waals surface area contributed by atoms with Gasteiger partial charge in [0.15, 0.2) is 0 Å². The van der Waals surface area contributed by atoms with Gasteiger partial charge in [-0.25, -0.2) is 0 Å². The Morgan fingerprint density at radius 3 is 1.83 bits per heavy atom. The lowest BCUT2D eigenvalue weighted by Crippen LogP contribution is -2.16. The molecule has 0 aliphatic carbocycles. The first-order chi connectivity index (χ1) is 11.1. The number of carboxylic acid groups (broad SMARTS) is 2. The van der Waals surface area contributed by atoms with Crippen LogP contribution >= 0.6 is 0 Å². The smallest absolute Gasteiger partial charge is 0.307 e. The lowest BCUT2D eigenvalue weighted by Gasteiger charge is -2.05. The van der Waals surface area contributed by atoms with Gasteiger partial charge in [0.05, 0.1) is 12.3 Å². The van der Waals surface area contributed by atoms with Gasteiger partial charge in [0.25, 0.3) is 0 Å². The highest BCUT2D eigenvalue weighted by atomic mass is 16.4. The summed E-state index contributed by atoms with van der Waals surface area (Å²) in [7, 11) is 0. The highest BCUT2D eigenvalue weighted by molar-refractivity contribution is 5.77. The van der Waals surface area contributed by atoms with Crippen LogP contribution in [0.25, 0.3) is 0 Å². The van der Waals surface area contributed by atoms with E-state index in [1.165, 1.54) is 38.5 Å². The van der Waals surface area contributed by atoms with Crippen LogP contribution in [0.4, 0.5) is 0 Å². The summed E-state index contributed by atoms with van der Waals surface area (Å²) < 4.78 is 0.